The Bertz CT molecular complexity index is 1030. The quantitative estimate of drug-likeness (QED) is 0.669. The third-order valence-electron chi connectivity index (χ3n) is 3.79. The highest BCUT2D eigenvalue weighted by Gasteiger charge is 2.16. The third kappa shape index (κ3) is 4.05. The van der Waals surface area contributed by atoms with Gasteiger partial charge in [-0.15, -0.1) is 11.3 Å². The molecule has 1 N–H and O–H groups in total. The number of nitrogens with one attached hydrogen (secondary N) is 1. The van der Waals surface area contributed by atoms with Crippen LogP contribution in [0.25, 0.3) is 11.3 Å². The van der Waals surface area contributed by atoms with Crippen molar-refractivity contribution in [2.45, 2.75) is 25.7 Å². The van der Waals surface area contributed by atoms with Crippen LogP contribution in [-0.2, 0) is 10.0 Å². The van der Waals surface area contributed by atoms with Gasteiger partial charge in [-0.3, -0.25) is 4.72 Å². The van der Waals surface area contributed by atoms with Crippen LogP contribution in [0.3, 0.4) is 0 Å². The largest absolute Gasteiger partial charge is 0.494 e. The van der Waals surface area contributed by atoms with E-state index in [-0.39, 0.29) is 4.90 Å². The van der Waals surface area contributed by atoms with Gasteiger partial charge in [0.2, 0.25) is 0 Å². The fraction of sp³-hybridized carbons (Fsp3) is 0.211. The van der Waals surface area contributed by atoms with Crippen molar-refractivity contribution in [3.8, 4) is 17.0 Å². The molecule has 0 bridgehead atoms. The number of aryl methyl sites for hydroxylation is 2. The number of aromatic nitrogens is 1. The second kappa shape index (κ2) is 7.47. The Morgan fingerprint density at radius 2 is 1.96 bits per heavy atom. The normalized spacial score (nSPS) is 11.3. The number of ether oxygens (including phenoxy) is 1. The molecule has 0 aliphatic rings. The van der Waals surface area contributed by atoms with Gasteiger partial charge >= 0.3 is 0 Å². The maximum atomic E-state index is 12.7. The fourth-order valence-corrected chi connectivity index (χ4v) is 4.31. The minimum atomic E-state index is -3.68. The van der Waals surface area contributed by atoms with Crippen molar-refractivity contribution in [2.24, 2.45) is 0 Å². The zero-order valence-corrected chi connectivity index (χ0v) is 16.4. The molecule has 3 aromatic rings. The van der Waals surface area contributed by atoms with Gasteiger partial charge in [-0.1, -0.05) is 12.1 Å². The molecule has 0 aliphatic carbocycles. The monoisotopic (exact) mass is 388 g/mol. The Kier molecular flexibility index (Phi) is 5.29. The molecular weight excluding hydrogens is 368 g/mol. The van der Waals surface area contributed by atoms with E-state index >= 15 is 0 Å². The molecule has 0 saturated heterocycles. The molecule has 0 amide bonds. The highest BCUT2D eigenvalue weighted by Crippen LogP contribution is 2.27. The molecule has 0 aliphatic heterocycles. The molecular formula is C19H20N2O3S2. The van der Waals surface area contributed by atoms with Crippen LogP contribution in [0.15, 0.2) is 52.7 Å². The minimum absolute atomic E-state index is 0.202. The molecule has 1 aromatic heterocycles. The number of sulfonamides is 1. The SMILES string of the molecule is CCOc1ccc(S(=O)(=O)Nc2cccc(-c3csc(C)n3)c2)cc1C. The van der Waals surface area contributed by atoms with Gasteiger partial charge in [0.15, 0.2) is 0 Å². The number of rotatable bonds is 6. The molecule has 0 saturated carbocycles. The average molecular weight is 389 g/mol. The molecule has 7 heteroatoms. The highest BCUT2D eigenvalue weighted by molar-refractivity contribution is 7.92. The van der Waals surface area contributed by atoms with Crippen molar-refractivity contribution >= 4 is 27.0 Å². The summed E-state index contributed by atoms with van der Waals surface area (Å²) in [5.41, 5.74) is 2.99. The maximum Gasteiger partial charge on any atom is 0.261 e. The van der Waals surface area contributed by atoms with Crippen LogP contribution in [0, 0.1) is 13.8 Å². The Labute approximate surface area is 157 Å². The topological polar surface area (TPSA) is 68.3 Å². The molecule has 0 unspecified atom stereocenters. The summed E-state index contributed by atoms with van der Waals surface area (Å²) < 4.78 is 33.5. The first-order chi connectivity index (χ1) is 12.4. The van der Waals surface area contributed by atoms with Gasteiger partial charge in [-0.2, -0.15) is 0 Å². The van der Waals surface area contributed by atoms with Crippen molar-refractivity contribution < 1.29 is 13.2 Å². The number of hydrogen-bond acceptors (Lipinski definition) is 5. The van der Waals surface area contributed by atoms with E-state index in [1.807, 2.05) is 38.3 Å². The molecule has 0 atom stereocenters. The molecule has 26 heavy (non-hydrogen) atoms. The van der Waals surface area contributed by atoms with Crippen molar-refractivity contribution in [2.75, 3.05) is 11.3 Å². The van der Waals surface area contributed by atoms with Gasteiger partial charge in [0.25, 0.3) is 10.0 Å². The first-order valence-corrected chi connectivity index (χ1v) is 10.5. The molecule has 136 valence electrons. The predicted octanol–water partition coefficient (Wildman–Crippen LogP) is 4.63. The van der Waals surface area contributed by atoms with Gasteiger partial charge in [-0.05, 0) is 56.7 Å². The Hall–Kier alpha value is -2.38. The second-order valence-electron chi connectivity index (χ2n) is 5.80. The summed E-state index contributed by atoms with van der Waals surface area (Å²) in [6.07, 6.45) is 0. The van der Waals surface area contributed by atoms with Crippen LogP contribution < -0.4 is 9.46 Å². The van der Waals surface area contributed by atoms with Crippen LogP contribution in [-0.4, -0.2) is 20.0 Å². The van der Waals surface area contributed by atoms with Gasteiger partial charge in [0.05, 0.1) is 22.2 Å². The molecule has 0 radical (unpaired) electrons. The number of anilines is 1. The van der Waals surface area contributed by atoms with Crippen LogP contribution in [0.4, 0.5) is 5.69 Å². The third-order valence-corrected chi connectivity index (χ3v) is 5.94. The average Bonchev–Trinajstić information content (AvgIpc) is 3.03. The van der Waals surface area contributed by atoms with Crippen LogP contribution in [0.2, 0.25) is 0 Å². The molecule has 0 spiro atoms. The zero-order valence-electron chi connectivity index (χ0n) is 14.8. The van der Waals surface area contributed by atoms with E-state index in [1.165, 1.54) is 0 Å². The van der Waals surface area contributed by atoms with Crippen molar-refractivity contribution in [3.63, 3.8) is 0 Å². The first kappa shape index (κ1) is 18.4. The second-order valence-corrected chi connectivity index (χ2v) is 8.54. The van der Waals surface area contributed by atoms with Crippen molar-refractivity contribution in [1.82, 2.24) is 4.98 Å². The summed E-state index contributed by atoms with van der Waals surface area (Å²) in [7, 11) is -3.68. The van der Waals surface area contributed by atoms with Crippen LogP contribution >= 0.6 is 11.3 Å². The van der Waals surface area contributed by atoms with Crippen LogP contribution in [0.1, 0.15) is 17.5 Å². The Morgan fingerprint density at radius 1 is 1.15 bits per heavy atom. The maximum absolute atomic E-state index is 12.7. The van der Waals surface area contributed by atoms with Crippen LogP contribution in [0.5, 0.6) is 5.75 Å². The highest BCUT2D eigenvalue weighted by atomic mass is 32.2. The molecule has 1 heterocycles. The Morgan fingerprint density at radius 3 is 2.62 bits per heavy atom. The smallest absolute Gasteiger partial charge is 0.261 e. The number of thiazole rings is 1. The Balaban J connectivity index is 1.87. The summed E-state index contributed by atoms with van der Waals surface area (Å²) >= 11 is 1.56. The van der Waals surface area contributed by atoms with E-state index in [1.54, 1.807) is 41.7 Å². The number of benzene rings is 2. The van der Waals surface area contributed by atoms with Gasteiger partial charge in [-0.25, -0.2) is 13.4 Å². The molecule has 2 aromatic carbocycles. The summed E-state index contributed by atoms with van der Waals surface area (Å²) in [6.45, 7) is 6.20. The van der Waals surface area contributed by atoms with E-state index in [4.69, 9.17) is 4.74 Å². The lowest BCUT2D eigenvalue weighted by atomic mass is 10.1. The first-order valence-electron chi connectivity index (χ1n) is 8.18. The minimum Gasteiger partial charge on any atom is -0.494 e. The van der Waals surface area contributed by atoms with Gasteiger partial charge < -0.3 is 4.74 Å². The lowest BCUT2D eigenvalue weighted by molar-refractivity contribution is 0.337. The number of nitrogens with zero attached hydrogens (tertiary/aromatic N) is 1. The fourth-order valence-electron chi connectivity index (χ4n) is 2.56. The van der Waals surface area contributed by atoms with Gasteiger partial charge in [0.1, 0.15) is 5.75 Å². The molecule has 5 nitrogen and oxygen atoms in total. The summed E-state index contributed by atoms with van der Waals surface area (Å²) in [5.74, 6) is 0.687. The summed E-state index contributed by atoms with van der Waals surface area (Å²) in [6, 6.07) is 12.1. The molecule has 0 fully saturated rings. The lowest BCUT2D eigenvalue weighted by Crippen LogP contribution is -2.13. The molecule has 3 rings (SSSR count). The van der Waals surface area contributed by atoms with E-state index in [9.17, 15) is 8.42 Å². The summed E-state index contributed by atoms with van der Waals surface area (Å²) in [5, 5.41) is 2.93. The summed E-state index contributed by atoms with van der Waals surface area (Å²) in [4.78, 5) is 4.65. The van der Waals surface area contributed by atoms with E-state index < -0.39 is 10.0 Å². The van der Waals surface area contributed by atoms with E-state index in [0.717, 1.165) is 21.8 Å². The van der Waals surface area contributed by atoms with Crippen molar-refractivity contribution in [1.29, 1.82) is 0 Å². The number of hydrogen-bond donors (Lipinski definition) is 1. The standard InChI is InChI=1S/C19H20N2O3S2/c1-4-24-19-9-8-17(10-13(19)2)26(22,23)21-16-7-5-6-15(11-16)18-12-25-14(3)20-18/h5-12,21H,4H2,1-3H3. The van der Waals surface area contributed by atoms with Gasteiger partial charge in [0, 0.05) is 16.6 Å². The van der Waals surface area contributed by atoms with E-state index in [0.29, 0.717) is 18.0 Å². The predicted molar refractivity (Wildman–Crippen MR) is 105 cm³/mol. The van der Waals surface area contributed by atoms with E-state index in [2.05, 4.69) is 9.71 Å². The van der Waals surface area contributed by atoms with Crippen molar-refractivity contribution in [3.05, 3.63) is 58.4 Å². The lowest BCUT2D eigenvalue weighted by Gasteiger charge is -2.12. The zero-order chi connectivity index (χ0) is 18.7.